The maximum Gasteiger partial charge on any atom is 0.243 e. The fraction of sp³-hybridized carbons (Fsp3) is 0.500. The highest BCUT2D eigenvalue weighted by Gasteiger charge is 2.30. The second-order valence-electron chi connectivity index (χ2n) is 9.81. The van der Waals surface area contributed by atoms with Crippen molar-refractivity contribution < 1.29 is 26.8 Å². The lowest BCUT2D eigenvalue weighted by Crippen LogP contribution is -2.51. The Balaban J connectivity index is 1.74. The van der Waals surface area contributed by atoms with Crippen LogP contribution in [0, 0.1) is 11.6 Å². The van der Waals surface area contributed by atoms with Crippen LogP contribution in [0.15, 0.2) is 48.5 Å². The van der Waals surface area contributed by atoms with E-state index in [2.05, 4.69) is 5.32 Å². The molecule has 0 spiro atoms. The molecule has 3 rings (SSSR count). The van der Waals surface area contributed by atoms with Crippen LogP contribution < -0.4 is 9.62 Å². The zero-order chi connectivity index (χ0) is 27.7. The highest BCUT2D eigenvalue weighted by Crippen LogP contribution is 2.22. The number of hydrogen-bond acceptors (Lipinski definition) is 4. The lowest BCUT2D eigenvalue weighted by atomic mass is 9.95. The van der Waals surface area contributed by atoms with Crippen LogP contribution in [0.3, 0.4) is 0 Å². The van der Waals surface area contributed by atoms with Gasteiger partial charge < -0.3 is 10.2 Å². The standard InChI is InChI=1S/C28H37F2N3O4S/c1-3-26(28(35)31-22-13-8-5-9-14-22)32(20-21-11-6-4-7-12-21)27(34)15-10-18-33(38(2,36)37)23-16-17-24(29)25(30)19-23/h4,6-7,11-12,16-17,19,22,26H,3,5,8-10,13-15,18,20H2,1-2H3,(H,31,35). The normalized spacial score (nSPS) is 15.1. The maximum absolute atomic E-state index is 13.8. The van der Waals surface area contributed by atoms with Crippen LogP contribution in [0.25, 0.3) is 0 Å². The molecule has 1 aliphatic rings. The van der Waals surface area contributed by atoms with E-state index >= 15 is 0 Å². The molecule has 0 heterocycles. The molecule has 1 atom stereocenters. The molecule has 0 aromatic heterocycles. The topological polar surface area (TPSA) is 86.8 Å². The predicted octanol–water partition coefficient (Wildman–Crippen LogP) is 4.77. The quantitative estimate of drug-likeness (QED) is 0.413. The van der Waals surface area contributed by atoms with Crippen LogP contribution in [0.4, 0.5) is 14.5 Å². The Bertz CT molecular complexity index is 1190. The molecule has 1 unspecified atom stereocenters. The first-order chi connectivity index (χ1) is 18.1. The van der Waals surface area contributed by atoms with E-state index in [-0.39, 0.29) is 49.5 Å². The molecule has 1 aliphatic carbocycles. The number of nitrogens with one attached hydrogen (secondary N) is 1. The van der Waals surface area contributed by atoms with Crippen molar-refractivity contribution in [2.24, 2.45) is 0 Å². The molecule has 38 heavy (non-hydrogen) atoms. The van der Waals surface area contributed by atoms with Gasteiger partial charge in [-0.05, 0) is 43.4 Å². The van der Waals surface area contributed by atoms with E-state index < -0.39 is 27.7 Å². The van der Waals surface area contributed by atoms with Gasteiger partial charge in [-0.25, -0.2) is 17.2 Å². The van der Waals surface area contributed by atoms with Crippen LogP contribution in [-0.4, -0.2) is 50.0 Å². The van der Waals surface area contributed by atoms with E-state index in [0.29, 0.717) is 6.42 Å². The van der Waals surface area contributed by atoms with Crippen molar-refractivity contribution in [1.82, 2.24) is 10.2 Å². The molecular formula is C28H37F2N3O4S. The van der Waals surface area contributed by atoms with E-state index in [1.54, 1.807) is 4.90 Å². The summed E-state index contributed by atoms with van der Waals surface area (Å²) in [5, 5.41) is 3.13. The fourth-order valence-corrected chi connectivity index (χ4v) is 5.85. The number of rotatable bonds is 12. The summed E-state index contributed by atoms with van der Waals surface area (Å²) >= 11 is 0. The average molecular weight is 550 g/mol. The molecule has 2 aromatic rings. The summed E-state index contributed by atoms with van der Waals surface area (Å²) in [6, 6.07) is 11.7. The molecular weight excluding hydrogens is 512 g/mol. The molecule has 1 saturated carbocycles. The second kappa shape index (κ2) is 13.7. The van der Waals surface area contributed by atoms with Gasteiger partial charge in [-0.15, -0.1) is 0 Å². The average Bonchev–Trinajstić information content (AvgIpc) is 2.88. The number of carbonyl (C=O) groups is 2. The van der Waals surface area contributed by atoms with E-state index in [1.807, 2.05) is 37.3 Å². The van der Waals surface area contributed by atoms with Gasteiger partial charge in [-0.2, -0.15) is 0 Å². The van der Waals surface area contributed by atoms with Crippen LogP contribution >= 0.6 is 0 Å². The van der Waals surface area contributed by atoms with Crippen molar-refractivity contribution in [2.75, 3.05) is 17.1 Å². The smallest absolute Gasteiger partial charge is 0.243 e. The van der Waals surface area contributed by atoms with Gasteiger partial charge in [0.1, 0.15) is 6.04 Å². The molecule has 0 bridgehead atoms. The summed E-state index contributed by atoms with van der Waals surface area (Å²) in [7, 11) is -3.81. The van der Waals surface area contributed by atoms with Crippen LogP contribution in [0.2, 0.25) is 0 Å². The molecule has 0 aliphatic heterocycles. The molecule has 1 N–H and O–H groups in total. The van der Waals surface area contributed by atoms with Crippen molar-refractivity contribution >= 4 is 27.5 Å². The van der Waals surface area contributed by atoms with Gasteiger partial charge in [0.2, 0.25) is 21.8 Å². The Kier molecular flexibility index (Phi) is 10.6. The van der Waals surface area contributed by atoms with Crippen molar-refractivity contribution in [3.63, 3.8) is 0 Å². The number of anilines is 1. The van der Waals surface area contributed by atoms with Gasteiger partial charge in [-0.1, -0.05) is 56.5 Å². The number of halogens is 2. The zero-order valence-corrected chi connectivity index (χ0v) is 22.9. The highest BCUT2D eigenvalue weighted by atomic mass is 32.2. The summed E-state index contributed by atoms with van der Waals surface area (Å²) in [6.07, 6.45) is 6.69. The van der Waals surface area contributed by atoms with Gasteiger partial charge in [0.15, 0.2) is 11.6 Å². The summed E-state index contributed by atoms with van der Waals surface area (Å²) in [5.74, 6) is -2.69. The first-order valence-electron chi connectivity index (χ1n) is 13.2. The van der Waals surface area contributed by atoms with Crippen LogP contribution in [-0.2, 0) is 26.2 Å². The summed E-state index contributed by atoms with van der Waals surface area (Å²) in [4.78, 5) is 28.3. The molecule has 2 aromatic carbocycles. The second-order valence-corrected chi connectivity index (χ2v) is 11.7. The van der Waals surface area contributed by atoms with E-state index in [9.17, 15) is 26.8 Å². The van der Waals surface area contributed by atoms with Crippen LogP contribution in [0.1, 0.15) is 63.9 Å². The minimum atomic E-state index is -3.81. The minimum Gasteiger partial charge on any atom is -0.352 e. The van der Waals surface area contributed by atoms with E-state index in [0.717, 1.165) is 60.4 Å². The number of hydrogen-bond donors (Lipinski definition) is 1. The molecule has 0 radical (unpaired) electrons. The molecule has 7 nitrogen and oxygen atoms in total. The largest absolute Gasteiger partial charge is 0.352 e. The zero-order valence-electron chi connectivity index (χ0n) is 22.0. The minimum absolute atomic E-state index is 0.0155. The third-order valence-corrected chi connectivity index (χ3v) is 8.07. The van der Waals surface area contributed by atoms with Crippen molar-refractivity contribution in [3.05, 3.63) is 65.7 Å². The molecule has 1 fully saturated rings. The highest BCUT2D eigenvalue weighted by molar-refractivity contribution is 7.92. The lowest BCUT2D eigenvalue weighted by molar-refractivity contribution is -0.141. The van der Waals surface area contributed by atoms with Gasteiger partial charge in [0.25, 0.3) is 0 Å². The first kappa shape index (κ1) is 29.5. The Hall–Kier alpha value is -3.01. The lowest BCUT2D eigenvalue weighted by Gasteiger charge is -2.33. The predicted molar refractivity (Wildman–Crippen MR) is 144 cm³/mol. The Morgan fingerprint density at radius 1 is 1.03 bits per heavy atom. The number of carbonyl (C=O) groups excluding carboxylic acids is 2. The first-order valence-corrected chi connectivity index (χ1v) is 15.0. The Morgan fingerprint density at radius 3 is 2.32 bits per heavy atom. The van der Waals surface area contributed by atoms with Gasteiger partial charge in [0, 0.05) is 31.6 Å². The fourth-order valence-electron chi connectivity index (χ4n) is 4.89. The molecule has 10 heteroatoms. The summed E-state index contributed by atoms with van der Waals surface area (Å²) < 4.78 is 52.9. The van der Waals surface area contributed by atoms with Gasteiger partial charge >= 0.3 is 0 Å². The number of amides is 2. The summed E-state index contributed by atoms with van der Waals surface area (Å²) in [6.45, 7) is 2.01. The van der Waals surface area contributed by atoms with Crippen LogP contribution in [0.5, 0.6) is 0 Å². The molecule has 0 saturated heterocycles. The van der Waals surface area contributed by atoms with E-state index in [1.165, 1.54) is 6.07 Å². The van der Waals surface area contributed by atoms with Gasteiger partial charge in [-0.3, -0.25) is 13.9 Å². The Morgan fingerprint density at radius 2 is 1.71 bits per heavy atom. The summed E-state index contributed by atoms with van der Waals surface area (Å²) in [5.41, 5.74) is 0.864. The van der Waals surface area contributed by atoms with Crippen molar-refractivity contribution in [3.8, 4) is 0 Å². The Labute approximate surface area is 224 Å². The van der Waals surface area contributed by atoms with Crippen molar-refractivity contribution in [2.45, 2.75) is 76.9 Å². The number of nitrogens with zero attached hydrogens (tertiary/aromatic N) is 2. The molecule has 208 valence electrons. The molecule has 2 amide bonds. The number of benzene rings is 2. The van der Waals surface area contributed by atoms with Crippen molar-refractivity contribution in [1.29, 1.82) is 0 Å². The number of sulfonamides is 1. The van der Waals surface area contributed by atoms with E-state index in [4.69, 9.17) is 0 Å². The third-order valence-electron chi connectivity index (χ3n) is 6.88. The SMILES string of the molecule is CCC(C(=O)NC1CCCCC1)N(Cc1ccccc1)C(=O)CCCN(c1ccc(F)c(F)c1)S(C)(=O)=O. The monoisotopic (exact) mass is 549 g/mol. The third kappa shape index (κ3) is 8.24. The van der Waals surface area contributed by atoms with Gasteiger partial charge in [0.05, 0.1) is 11.9 Å². The maximum atomic E-state index is 13.8.